The van der Waals surface area contributed by atoms with E-state index in [1.54, 1.807) is 11.3 Å². The molecule has 26 heavy (non-hydrogen) atoms. The summed E-state index contributed by atoms with van der Waals surface area (Å²) in [6.45, 7) is 12.8. The normalized spacial score (nSPS) is 18.7. The second-order valence-electron chi connectivity index (χ2n) is 7.66. The first-order chi connectivity index (χ1) is 11.8. The van der Waals surface area contributed by atoms with Gasteiger partial charge in [-0.25, -0.2) is 0 Å². The number of aliphatic imine (C=N–C) groups is 1. The van der Waals surface area contributed by atoms with E-state index >= 15 is 0 Å². The van der Waals surface area contributed by atoms with Gasteiger partial charge in [-0.3, -0.25) is 9.89 Å². The second kappa shape index (κ2) is 10.8. The third-order valence-corrected chi connectivity index (χ3v) is 5.96. The Labute approximate surface area is 179 Å². The molecule has 2 heterocycles. The van der Waals surface area contributed by atoms with Crippen LogP contribution < -0.4 is 10.6 Å². The van der Waals surface area contributed by atoms with Crippen LogP contribution >= 0.6 is 35.3 Å². The van der Waals surface area contributed by atoms with Gasteiger partial charge in [0.05, 0.1) is 13.1 Å². The summed E-state index contributed by atoms with van der Waals surface area (Å²) in [5.41, 5.74) is -0.841. The van der Waals surface area contributed by atoms with Gasteiger partial charge in [-0.05, 0) is 65.1 Å². The first kappa shape index (κ1) is 23.7. The fourth-order valence-electron chi connectivity index (χ4n) is 3.14. The Bertz CT molecular complexity index is 540. The van der Waals surface area contributed by atoms with Crippen LogP contribution in [0, 0.1) is 0 Å². The topological polar surface area (TPSA) is 59.9 Å². The van der Waals surface area contributed by atoms with Gasteiger partial charge in [0.25, 0.3) is 0 Å². The van der Waals surface area contributed by atoms with Gasteiger partial charge in [-0.1, -0.05) is 12.5 Å². The predicted molar refractivity (Wildman–Crippen MR) is 123 cm³/mol. The molecule has 1 fully saturated rings. The Morgan fingerprint density at radius 3 is 2.50 bits per heavy atom. The van der Waals surface area contributed by atoms with Gasteiger partial charge in [0, 0.05) is 17.0 Å². The third kappa shape index (κ3) is 6.98. The van der Waals surface area contributed by atoms with Crippen molar-refractivity contribution in [1.29, 1.82) is 0 Å². The molecule has 0 saturated carbocycles. The molecule has 1 aliphatic heterocycles. The molecule has 0 amide bonds. The fraction of sp³-hybridized carbons (Fsp3) is 0.737. The Morgan fingerprint density at radius 2 is 1.92 bits per heavy atom. The number of hydrogen-bond acceptors (Lipinski definition) is 4. The van der Waals surface area contributed by atoms with Crippen LogP contribution in [0.5, 0.6) is 0 Å². The summed E-state index contributed by atoms with van der Waals surface area (Å²) < 4.78 is 0. The highest BCUT2D eigenvalue weighted by Crippen LogP contribution is 2.24. The zero-order valence-corrected chi connectivity index (χ0v) is 19.7. The van der Waals surface area contributed by atoms with Crippen LogP contribution in [0.3, 0.4) is 0 Å². The standard InChI is InChI=1S/C19H34N4OS.HI/c1-5-20-17(22-15-19(4,24)16-10-9-13-25-16)21-14-18(2,3)23-11-7-6-8-12-23;/h9-10,13,24H,5-8,11-12,14-15H2,1-4H3,(H2,20,21,22);1H. The molecule has 1 unspecified atom stereocenters. The minimum atomic E-state index is -0.896. The minimum absolute atomic E-state index is 0. The Balaban J connectivity index is 0.00000338. The maximum atomic E-state index is 10.7. The summed E-state index contributed by atoms with van der Waals surface area (Å²) in [5.74, 6) is 0.768. The quantitative estimate of drug-likeness (QED) is 0.309. The summed E-state index contributed by atoms with van der Waals surface area (Å²) >= 11 is 1.57. The highest BCUT2D eigenvalue weighted by molar-refractivity contribution is 14.0. The number of thiophene rings is 1. The number of piperidine rings is 1. The van der Waals surface area contributed by atoms with E-state index in [0.717, 1.165) is 23.9 Å². The molecule has 1 saturated heterocycles. The van der Waals surface area contributed by atoms with Crippen LogP contribution in [0.2, 0.25) is 0 Å². The molecule has 0 aliphatic carbocycles. The van der Waals surface area contributed by atoms with Gasteiger partial charge in [0.15, 0.2) is 5.96 Å². The van der Waals surface area contributed by atoms with E-state index in [2.05, 4.69) is 36.3 Å². The minimum Gasteiger partial charge on any atom is -0.383 e. The van der Waals surface area contributed by atoms with Crippen molar-refractivity contribution in [3.63, 3.8) is 0 Å². The van der Waals surface area contributed by atoms with Crippen LogP contribution in [0.4, 0.5) is 0 Å². The Hall–Kier alpha value is -0.380. The molecule has 5 nitrogen and oxygen atoms in total. The van der Waals surface area contributed by atoms with E-state index in [-0.39, 0.29) is 29.5 Å². The lowest BCUT2D eigenvalue weighted by molar-refractivity contribution is 0.0654. The van der Waals surface area contributed by atoms with Crippen LogP contribution in [-0.4, -0.2) is 54.2 Å². The number of nitrogens with zero attached hydrogens (tertiary/aromatic N) is 2. The number of halogens is 1. The van der Waals surface area contributed by atoms with E-state index in [0.29, 0.717) is 6.54 Å². The largest absolute Gasteiger partial charge is 0.383 e. The molecule has 1 aromatic rings. The van der Waals surface area contributed by atoms with E-state index < -0.39 is 5.60 Å². The maximum Gasteiger partial charge on any atom is 0.191 e. The van der Waals surface area contributed by atoms with Crippen molar-refractivity contribution in [1.82, 2.24) is 15.5 Å². The summed E-state index contributed by atoms with van der Waals surface area (Å²) in [5, 5.41) is 19.3. The number of rotatable bonds is 7. The lowest BCUT2D eigenvalue weighted by atomic mass is 9.99. The number of guanidine groups is 1. The smallest absolute Gasteiger partial charge is 0.191 e. The van der Waals surface area contributed by atoms with Crippen molar-refractivity contribution < 1.29 is 5.11 Å². The zero-order chi connectivity index (χ0) is 18.3. The van der Waals surface area contributed by atoms with Gasteiger partial charge in [-0.15, -0.1) is 35.3 Å². The first-order valence-corrected chi connectivity index (χ1v) is 10.3. The molecule has 1 atom stereocenters. The molecule has 7 heteroatoms. The summed E-state index contributed by atoms with van der Waals surface area (Å²) in [6, 6.07) is 3.94. The average molecular weight is 494 g/mol. The fourth-order valence-corrected chi connectivity index (χ4v) is 3.93. The molecular weight excluding hydrogens is 459 g/mol. The molecule has 2 rings (SSSR count). The maximum absolute atomic E-state index is 10.7. The second-order valence-corrected chi connectivity index (χ2v) is 8.61. The van der Waals surface area contributed by atoms with Crippen molar-refractivity contribution in [2.45, 2.75) is 58.1 Å². The van der Waals surface area contributed by atoms with Crippen molar-refractivity contribution in [2.24, 2.45) is 4.99 Å². The Morgan fingerprint density at radius 1 is 1.23 bits per heavy atom. The van der Waals surface area contributed by atoms with Gasteiger partial charge < -0.3 is 15.7 Å². The molecular formula is C19H35IN4OS. The van der Waals surface area contributed by atoms with Crippen LogP contribution in [0.15, 0.2) is 22.5 Å². The lowest BCUT2D eigenvalue weighted by Crippen LogP contribution is -2.50. The van der Waals surface area contributed by atoms with Gasteiger partial charge in [0.1, 0.15) is 5.60 Å². The van der Waals surface area contributed by atoms with E-state index in [9.17, 15) is 5.11 Å². The molecule has 0 bridgehead atoms. The summed E-state index contributed by atoms with van der Waals surface area (Å²) in [4.78, 5) is 8.30. The zero-order valence-electron chi connectivity index (χ0n) is 16.5. The lowest BCUT2D eigenvalue weighted by Gasteiger charge is -2.40. The SMILES string of the molecule is CCNC(=NCC(C)(C)N1CCCCC1)NCC(C)(O)c1cccs1.I. The van der Waals surface area contributed by atoms with Gasteiger partial charge in [0.2, 0.25) is 0 Å². The number of aliphatic hydroxyl groups is 1. The van der Waals surface area contributed by atoms with E-state index in [1.165, 1.54) is 32.4 Å². The van der Waals surface area contributed by atoms with E-state index in [1.807, 2.05) is 24.4 Å². The van der Waals surface area contributed by atoms with Crippen LogP contribution in [-0.2, 0) is 5.60 Å². The van der Waals surface area contributed by atoms with E-state index in [4.69, 9.17) is 4.99 Å². The van der Waals surface area contributed by atoms with Crippen molar-refractivity contribution >= 4 is 41.3 Å². The number of hydrogen-bond donors (Lipinski definition) is 3. The monoisotopic (exact) mass is 494 g/mol. The molecule has 0 radical (unpaired) electrons. The number of nitrogens with one attached hydrogen (secondary N) is 2. The summed E-state index contributed by atoms with van der Waals surface area (Å²) in [6.07, 6.45) is 3.92. The molecule has 1 aromatic heterocycles. The molecule has 150 valence electrons. The molecule has 3 N–H and O–H groups in total. The van der Waals surface area contributed by atoms with Gasteiger partial charge >= 0.3 is 0 Å². The third-order valence-electron chi connectivity index (χ3n) is 4.83. The highest BCUT2D eigenvalue weighted by atomic mass is 127. The first-order valence-electron chi connectivity index (χ1n) is 9.39. The Kier molecular flexibility index (Phi) is 9.85. The molecule has 0 aromatic carbocycles. The van der Waals surface area contributed by atoms with Crippen LogP contribution in [0.25, 0.3) is 0 Å². The summed E-state index contributed by atoms with van der Waals surface area (Å²) in [7, 11) is 0. The number of likely N-dealkylation sites (tertiary alicyclic amines) is 1. The van der Waals surface area contributed by atoms with Crippen molar-refractivity contribution in [3.8, 4) is 0 Å². The van der Waals surface area contributed by atoms with Crippen molar-refractivity contribution in [3.05, 3.63) is 22.4 Å². The average Bonchev–Trinajstić information content (AvgIpc) is 3.14. The molecule has 1 aliphatic rings. The predicted octanol–water partition coefficient (Wildman–Crippen LogP) is 3.39. The van der Waals surface area contributed by atoms with Crippen LogP contribution in [0.1, 0.15) is 51.8 Å². The molecule has 0 spiro atoms. The van der Waals surface area contributed by atoms with Gasteiger partial charge in [-0.2, -0.15) is 0 Å². The van der Waals surface area contributed by atoms with Crippen molar-refractivity contribution in [2.75, 3.05) is 32.7 Å². The highest BCUT2D eigenvalue weighted by Gasteiger charge is 2.28.